The number of ether oxygens (including phenoxy) is 1. The molecule has 0 aliphatic rings. The van der Waals surface area contributed by atoms with Crippen LogP contribution in [0.1, 0.15) is 28.0 Å². The minimum absolute atomic E-state index is 0.168. The number of hydrogen-bond acceptors (Lipinski definition) is 7. The molecule has 0 unspecified atom stereocenters. The number of halogens is 2. The molecule has 0 bridgehead atoms. The Hall–Kier alpha value is -2.72. The predicted octanol–water partition coefficient (Wildman–Crippen LogP) is 4.21. The Morgan fingerprint density at radius 2 is 1.93 bits per heavy atom. The maximum absolute atomic E-state index is 13.7. The van der Waals surface area contributed by atoms with Crippen LogP contribution in [0.4, 0.5) is 13.9 Å². The Kier molecular flexibility index (Phi) is 6.10. The molecule has 0 spiro atoms. The summed E-state index contributed by atoms with van der Waals surface area (Å²) in [5.74, 6) is -2.71. The number of aromatic nitrogens is 2. The topological polar surface area (TPSA) is 81.2 Å². The standard InChI is InChI=1S/C18H15F2N3O3S2/c1-3-26-17(25)15-16(28-9(2)21-15)13-8-27-18(22-13)23-14(24)7-10-11(19)5-4-6-12(10)20/h4-6,8H,3,7H2,1-2H3,(H,22,23,24). The molecule has 0 saturated heterocycles. The molecular weight excluding hydrogens is 408 g/mol. The number of aryl methyl sites for hydroxylation is 1. The van der Waals surface area contributed by atoms with E-state index in [1.807, 2.05) is 0 Å². The van der Waals surface area contributed by atoms with Gasteiger partial charge in [-0.25, -0.2) is 23.5 Å². The van der Waals surface area contributed by atoms with Gasteiger partial charge < -0.3 is 10.1 Å². The van der Waals surface area contributed by atoms with Gasteiger partial charge in [0.05, 0.1) is 28.6 Å². The fourth-order valence-electron chi connectivity index (χ4n) is 2.40. The van der Waals surface area contributed by atoms with Crippen molar-refractivity contribution in [1.82, 2.24) is 9.97 Å². The van der Waals surface area contributed by atoms with Gasteiger partial charge in [0.1, 0.15) is 11.6 Å². The molecule has 3 rings (SSSR count). The first kappa shape index (κ1) is 20.0. The Bertz CT molecular complexity index is 1010. The van der Waals surface area contributed by atoms with Crippen LogP contribution >= 0.6 is 22.7 Å². The lowest BCUT2D eigenvalue weighted by atomic mass is 10.1. The lowest BCUT2D eigenvalue weighted by Gasteiger charge is -2.04. The molecular formula is C18H15F2N3O3S2. The van der Waals surface area contributed by atoms with Crippen molar-refractivity contribution in [1.29, 1.82) is 0 Å². The predicted molar refractivity (Wildman–Crippen MR) is 103 cm³/mol. The number of rotatable bonds is 6. The molecule has 0 saturated carbocycles. The number of benzene rings is 1. The summed E-state index contributed by atoms with van der Waals surface area (Å²) in [6.45, 7) is 3.68. The summed E-state index contributed by atoms with van der Waals surface area (Å²) in [6.07, 6.45) is -0.457. The normalized spacial score (nSPS) is 10.7. The highest BCUT2D eigenvalue weighted by molar-refractivity contribution is 7.17. The van der Waals surface area contributed by atoms with E-state index in [2.05, 4.69) is 15.3 Å². The van der Waals surface area contributed by atoms with Gasteiger partial charge in [-0.2, -0.15) is 0 Å². The van der Waals surface area contributed by atoms with Crippen molar-refractivity contribution in [2.24, 2.45) is 0 Å². The van der Waals surface area contributed by atoms with E-state index in [-0.39, 0.29) is 23.0 Å². The monoisotopic (exact) mass is 423 g/mol. The van der Waals surface area contributed by atoms with Crippen molar-refractivity contribution >= 4 is 39.7 Å². The molecule has 0 aliphatic heterocycles. The zero-order valence-corrected chi connectivity index (χ0v) is 16.5. The minimum Gasteiger partial charge on any atom is -0.461 e. The van der Waals surface area contributed by atoms with E-state index < -0.39 is 29.9 Å². The third-order valence-corrected chi connectivity index (χ3v) is 5.34. The molecule has 1 N–H and O–H groups in total. The average Bonchev–Trinajstić information content (AvgIpc) is 3.25. The minimum atomic E-state index is -0.783. The average molecular weight is 423 g/mol. The first-order chi connectivity index (χ1) is 13.4. The van der Waals surface area contributed by atoms with E-state index in [9.17, 15) is 18.4 Å². The molecule has 0 aliphatic carbocycles. The van der Waals surface area contributed by atoms with Crippen molar-refractivity contribution in [2.45, 2.75) is 20.3 Å². The van der Waals surface area contributed by atoms with Crippen LogP contribution in [0.15, 0.2) is 23.6 Å². The van der Waals surface area contributed by atoms with Crippen LogP contribution < -0.4 is 5.32 Å². The van der Waals surface area contributed by atoms with E-state index in [1.165, 1.54) is 17.4 Å². The second kappa shape index (κ2) is 8.53. The molecule has 3 aromatic rings. The van der Waals surface area contributed by atoms with Crippen LogP contribution in [0.3, 0.4) is 0 Å². The summed E-state index contributed by atoms with van der Waals surface area (Å²) in [5.41, 5.74) is 0.325. The highest BCUT2D eigenvalue weighted by atomic mass is 32.1. The first-order valence-corrected chi connectivity index (χ1v) is 9.91. The van der Waals surface area contributed by atoms with Crippen LogP contribution in [0, 0.1) is 18.6 Å². The van der Waals surface area contributed by atoms with Gasteiger partial charge in [0, 0.05) is 10.9 Å². The first-order valence-electron chi connectivity index (χ1n) is 8.22. The second-order valence-corrected chi connectivity index (χ2v) is 7.66. The quantitative estimate of drug-likeness (QED) is 0.601. The van der Waals surface area contributed by atoms with Crippen LogP contribution in [0.2, 0.25) is 0 Å². The number of esters is 1. The van der Waals surface area contributed by atoms with Gasteiger partial charge in [0.25, 0.3) is 0 Å². The molecule has 146 valence electrons. The van der Waals surface area contributed by atoms with Crippen LogP contribution in [-0.4, -0.2) is 28.5 Å². The summed E-state index contributed by atoms with van der Waals surface area (Å²) >= 11 is 2.41. The number of nitrogens with zero attached hydrogens (tertiary/aromatic N) is 2. The molecule has 1 aromatic carbocycles. The highest BCUT2D eigenvalue weighted by Crippen LogP contribution is 2.33. The van der Waals surface area contributed by atoms with E-state index in [4.69, 9.17) is 4.74 Å². The third kappa shape index (κ3) is 4.39. The maximum Gasteiger partial charge on any atom is 0.358 e. The molecule has 10 heteroatoms. The van der Waals surface area contributed by atoms with E-state index in [1.54, 1.807) is 19.2 Å². The van der Waals surface area contributed by atoms with Crippen molar-refractivity contribution in [3.63, 3.8) is 0 Å². The largest absolute Gasteiger partial charge is 0.461 e. The molecule has 6 nitrogen and oxygen atoms in total. The number of nitrogens with one attached hydrogen (secondary N) is 1. The van der Waals surface area contributed by atoms with Gasteiger partial charge in [-0.3, -0.25) is 4.79 Å². The second-order valence-electron chi connectivity index (χ2n) is 5.59. The van der Waals surface area contributed by atoms with Crippen molar-refractivity contribution in [2.75, 3.05) is 11.9 Å². The third-order valence-electron chi connectivity index (χ3n) is 3.59. The SMILES string of the molecule is CCOC(=O)c1nc(C)sc1-c1csc(NC(=O)Cc2c(F)cccc2F)n1. The van der Waals surface area contributed by atoms with Crippen LogP contribution in [0.5, 0.6) is 0 Å². The van der Waals surface area contributed by atoms with Gasteiger partial charge in [-0.05, 0) is 26.0 Å². The van der Waals surface area contributed by atoms with Crippen molar-refractivity contribution in [3.8, 4) is 10.6 Å². The molecule has 2 heterocycles. The fraction of sp³-hybridized carbons (Fsp3) is 0.222. The lowest BCUT2D eigenvalue weighted by molar-refractivity contribution is -0.115. The number of amides is 1. The van der Waals surface area contributed by atoms with Gasteiger partial charge in [0.2, 0.25) is 5.91 Å². The van der Waals surface area contributed by atoms with Crippen molar-refractivity contribution < 1.29 is 23.1 Å². The number of anilines is 1. The molecule has 0 radical (unpaired) electrons. The van der Waals surface area contributed by atoms with Gasteiger partial charge in [-0.1, -0.05) is 6.07 Å². The van der Waals surface area contributed by atoms with Gasteiger partial charge in [-0.15, -0.1) is 22.7 Å². The summed E-state index contributed by atoms with van der Waals surface area (Å²) in [7, 11) is 0. The van der Waals surface area contributed by atoms with Crippen LogP contribution in [-0.2, 0) is 16.0 Å². The zero-order chi connectivity index (χ0) is 20.3. The van der Waals surface area contributed by atoms with E-state index in [0.29, 0.717) is 15.6 Å². The fourth-order valence-corrected chi connectivity index (χ4v) is 4.06. The highest BCUT2D eigenvalue weighted by Gasteiger charge is 2.22. The number of carbonyl (C=O) groups is 2. The van der Waals surface area contributed by atoms with E-state index >= 15 is 0 Å². The van der Waals surface area contributed by atoms with Crippen molar-refractivity contribution in [3.05, 3.63) is 51.5 Å². The Balaban J connectivity index is 1.76. The Morgan fingerprint density at radius 1 is 1.21 bits per heavy atom. The lowest BCUT2D eigenvalue weighted by Crippen LogP contribution is -2.16. The number of carbonyl (C=O) groups excluding carboxylic acids is 2. The molecule has 0 fully saturated rings. The summed E-state index contributed by atoms with van der Waals surface area (Å²) in [6, 6.07) is 3.42. The summed E-state index contributed by atoms with van der Waals surface area (Å²) < 4.78 is 32.4. The van der Waals surface area contributed by atoms with Crippen LogP contribution in [0.25, 0.3) is 10.6 Å². The Morgan fingerprint density at radius 3 is 2.61 bits per heavy atom. The molecule has 0 atom stereocenters. The summed E-state index contributed by atoms with van der Waals surface area (Å²) in [5, 5.41) is 5.10. The molecule has 28 heavy (non-hydrogen) atoms. The Labute approximate surface area is 167 Å². The van der Waals surface area contributed by atoms with Gasteiger partial charge >= 0.3 is 5.97 Å². The zero-order valence-electron chi connectivity index (χ0n) is 14.9. The van der Waals surface area contributed by atoms with Gasteiger partial charge in [0.15, 0.2) is 10.8 Å². The smallest absolute Gasteiger partial charge is 0.358 e. The number of thiazole rings is 2. The molecule has 1 amide bonds. The number of hydrogen-bond donors (Lipinski definition) is 1. The van der Waals surface area contributed by atoms with E-state index in [0.717, 1.165) is 23.5 Å². The maximum atomic E-state index is 13.7. The molecule has 2 aromatic heterocycles. The summed E-state index contributed by atoms with van der Waals surface area (Å²) in [4.78, 5) is 33.2.